The third-order valence-corrected chi connectivity index (χ3v) is 3.03. The monoisotopic (exact) mass is 242 g/mol. The second-order valence-corrected chi connectivity index (χ2v) is 4.09. The largest absolute Gasteiger partial charge is 0.481 e. The van der Waals surface area contributed by atoms with E-state index in [1.54, 1.807) is 13.0 Å². The van der Waals surface area contributed by atoms with Gasteiger partial charge in [0.15, 0.2) is 11.5 Å². The van der Waals surface area contributed by atoms with Gasteiger partial charge in [-0.25, -0.2) is 0 Å². The lowest BCUT2D eigenvalue weighted by molar-refractivity contribution is -0.138. The summed E-state index contributed by atoms with van der Waals surface area (Å²) in [4.78, 5) is 11.0. The molecule has 1 heterocycles. The fourth-order valence-electron chi connectivity index (χ4n) is 1.79. The highest BCUT2D eigenvalue weighted by atomic mass is 35.5. The Morgan fingerprint density at radius 3 is 2.88 bits per heavy atom. The van der Waals surface area contributed by atoms with Crippen molar-refractivity contribution < 1.29 is 19.4 Å². The molecule has 0 spiro atoms. The van der Waals surface area contributed by atoms with E-state index in [1.165, 1.54) is 0 Å². The molecule has 1 aliphatic rings. The van der Waals surface area contributed by atoms with E-state index in [0.717, 1.165) is 5.56 Å². The van der Waals surface area contributed by atoms with Crippen LogP contribution < -0.4 is 9.47 Å². The van der Waals surface area contributed by atoms with Gasteiger partial charge in [-0.1, -0.05) is 11.6 Å². The van der Waals surface area contributed by atoms with Crippen molar-refractivity contribution in [2.24, 2.45) is 0 Å². The Hall–Kier alpha value is -1.42. The summed E-state index contributed by atoms with van der Waals surface area (Å²) >= 11 is 6.13. The molecule has 0 amide bonds. The standard InChI is InChI=1S/C11H11ClO4/c1-5-3-7-10(16-4-15-7)9(12)8(5)6(2)11(13)14/h3,6H,4H2,1-2H3,(H,13,14). The molecule has 1 N–H and O–H groups in total. The summed E-state index contributed by atoms with van der Waals surface area (Å²) in [7, 11) is 0. The number of hydrogen-bond acceptors (Lipinski definition) is 3. The molecule has 0 saturated heterocycles. The zero-order valence-electron chi connectivity index (χ0n) is 8.91. The van der Waals surface area contributed by atoms with E-state index in [0.29, 0.717) is 22.1 Å². The highest BCUT2D eigenvalue weighted by Crippen LogP contribution is 2.44. The third-order valence-electron chi connectivity index (χ3n) is 2.65. The maximum absolute atomic E-state index is 11.0. The molecule has 1 aromatic carbocycles. The van der Waals surface area contributed by atoms with Crippen molar-refractivity contribution in [3.05, 3.63) is 22.2 Å². The number of aliphatic carboxylic acids is 1. The summed E-state index contributed by atoms with van der Waals surface area (Å²) in [5.41, 5.74) is 1.38. The number of halogens is 1. The summed E-state index contributed by atoms with van der Waals surface area (Å²) < 4.78 is 10.4. The fourth-order valence-corrected chi connectivity index (χ4v) is 2.25. The predicted octanol–water partition coefficient (Wildman–Crippen LogP) is 2.57. The molecular weight excluding hydrogens is 232 g/mol. The lowest BCUT2D eigenvalue weighted by Crippen LogP contribution is -2.09. The van der Waals surface area contributed by atoms with Crippen molar-refractivity contribution in [3.63, 3.8) is 0 Å². The molecule has 0 saturated carbocycles. The molecule has 0 aromatic heterocycles. The first kappa shape index (κ1) is 11.1. The van der Waals surface area contributed by atoms with Gasteiger partial charge in [0.25, 0.3) is 0 Å². The zero-order valence-corrected chi connectivity index (χ0v) is 9.67. The van der Waals surface area contributed by atoms with E-state index in [2.05, 4.69) is 0 Å². The number of rotatable bonds is 2. The summed E-state index contributed by atoms with van der Waals surface area (Å²) in [6.07, 6.45) is 0. The number of carbonyl (C=O) groups is 1. The third kappa shape index (κ3) is 1.59. The number of carboxylic acid groups (broad SMARTS) is 1. The van der Waals surface area contributed by atoms with Gasteiger partial charge in [-0.05, 0) is 31.0 Å². The van der Waals surface area contributed by atoms with Gasteiger partial charge in [0.05, 0.1) is 10.9 Å². The molecule has 4 nitrogen and oxygen atoms in total. The van der Waals surface area contributed by atoms with Gasteiger partial charge < -0.3 is 14.6 Å². The van der Waals surface area contributed by atoms with Crippen molar-refractivity contribution >= 4 is 17.6 Å². The minimum absolute atomic E-state index is 0.124. The van der Waals surface area contributed by atoms with Gasteiger partial charge in [-0.3, -0.25) is 4.79 Å². The minimum atomic E-state index is -0.913. The highest BCUT2D eigenvalue weighted by Gasteiger charge is 2.27. The molecule has 1 aliphatic heterocycles. The van der Waals surface area contributed by atoms with Crippen molar-refractivity contribution in [3.8, 4) is 11.5 Å². The van der Waals surface area contributed by atoms with Crippen LogP contribution in [0.15, 0.2) is 6.07 Å². The van der Waals surface area contributed by atoms with E-state index < -0.39 is 11.9 Å². The molecule has 0 fully saturated rings. The fraction of sp³-hybridized carbons (Fsp3) is 0.364. The Morgan fingerprint density at radius 2 is 2.25 bits per heavy atom. The molecule has 0 radical (unpaired) electrons. The maximum Gasteiger partial charge on any atom is 0.310 e. The Labute approximate surface area is 97.7 Å². The van der Waals surface area contributed by atoms with Crippen LogP contribution in [-0.2, 0) is 4.79 Å². The summed E-state index contributed by atoms with van der Waals surface area (Å²) in [5.74, 6) is -0.565. The van der Waals surface area contributed by atoms with Crippen molar-refractivity contribution in [1.29, 1.82) is 0 Å². The Bertz CT molecular complexity index is 456. The first-order chi connectivity index (χ1) is 7.52. The number of hydrogen-bond donors (Lipinski definition) is 1. The number of carboxylic acids is 1. The molecule has 1 atom stereocenters. The summed E-state index contributed by atoms with van der Waals surface area (Å²) in [6.45, 7) is 3.53. The van der Waals surface area contributed by atoms with Crippen LogP contribution in [0.25, 0.3) is 0 Å². The van der Waals surface area contributed by atoms with Gasteiger partial charge in [0, 0.05) is 0 Å². The maximum atomic E-state index is 11.0. The van der Waals surface area contributed by atoms with Crippen molar-refractivity contribution in [2.75, 3.05) is 6.79 Å². The smallest absolute Gasteiger partial charge is 0.310 e. The van der Waals surface area contributed by atoms with Crippen LogP contribution in [0.2, 0.25) is 5.02 Å². The van der Waals surface area contributed by atoms with E-state index >= 15 is 0 Å². The van der Waals surface area contributed by atoms with Gasteiger partial charge >= 0.3 is 5.97 Å². The lowest BCUT2D eigenvalue weighted by atomic mass is 9.96. The molecule has 2 rings (SSSR count). The minimum Gasteiger partial charge on any atom is -0.481 e. The SMILES string of the molecule is Cc1cc2c(c(Cl)c1C(C)C(=O)O)OCO2. The van der Waals surface area contributed by atoms with Gasteiger partial charge in [0.2, 0.25) is 6.79 Å². The van der Waals surface area contributed by atoms with E-state index in [4.69, 9.17) is 26.2 Å². The zero-order chi connectivity index (χ0) is 11.9. The van der Waals surface area contributed by atoms with E-state index in [9.17, 15) is 4.79 Å². The first-order valence-corrected chi connectivity index (χ1v) is 5.21. The van der Waals surface area contributed by atoms with Gasteiger partial charge in [0.1, 0.15) is 0 Å². The first-order valence-electron chi connectivity index (χ1n) is 4.83. The molecule has 16 heavy (non-hydrogen) atoms. The summed E-state index contributed by atoms with van der Waals surface area (Å²) in [6, 6.07) is 1.75. The second-order valence-electron chi connectivity index (χ2n) is 3.71. The van der Waals surface area contributed by atoms with Crippen LogP contribution in [0.4, 0.5) is 0 Å². The number of benzene rings is 1. The second kappa shape index (κ2) is 3.87. The topological polar surface area (TPSA) is 55.8 Å². The van der Waals surface area contributed by atoms with Crippen molar-refractivity contribution in [2.45, 2.75) is 19.8 Å². The highest BCUT2D eigenvalue weighted by molar-refractivity contribution is 6.33. The normalized spacial score (nSPS) is 14.9. The van der Waals surface area contributed by atoms with Crippen LogP contribution in [0.3, 0.4) is 0 Å². The lowest BCUT2D eigenvalue weighted by Gasteiger charge is -2.14. The molecule has 0 aliphatic carbocycles. The average molecular weight is 243 g/mol. The van der Waals surface area contributed by atoms with Crippen LogP contribution in [0.1, 0.15) is 24.0 Å². The predicted molar refractivity (Wildman–Crippen MR) is 58.4 cm³/mol. The molecule has 1 aromatic rings. The molecule has 0 bridgehead atoms. The van der Waals surface area contributed by atoms with E-state index in [1.807, 2.05) is 6.92 Å². The van der Waals surface area contributed by atoms with Crippen LogP contribution in [0, 0.1) is 6.92 Å². The van der Waals surface area contributed by atoms with Crippen LogP contribution >= 0.6 is 11.6 Å². The summed E-state index contributed by atoms with van der Waals surface area (Å²) in [5, 5.41) is 9.34. The van der Waals surface area contributed by atoms with Crippen LogP contribution in [-0.4, -0.2) is 17.9 Å². The number of fused-ring (bicyclic) bond motifs is 1. The Morgan fingerprint density at radius 1 is 1.56 bits per heavy atom. The molecular formula is C11H11ClO4. The van der Waals surface area contributed by atoms with Gasteiger partial charge in [-0.15, -0.1) is 0 Å². The number of ether oxygens (including phenoxy) is 2. The van der Waals surface area contributed by atoms with Crippen molar-refractivity contribution in [1.82, 2.24) is 0 Å². The average Bonchev–Trinajstić information content (AvgIpc) is 2.65. The van der Waals surface area contributed by atoms with E-state index in [-0.39, 0.29) is 6.79 Å². The molecule has 86 valence electrons. The van der Waals surface area contributed by atoms with Gasteiger partial charge in [-0.2, -0.15) is 0 Å². The van der Waals surface area contributed by atoms with Crippen LogP contribution in [0.5, 0.6) is 11.5 Å². The molecule has 5 heteroatoms. The Kier molecular flexibility index (Phi) is 2.68. The Balaban J connectivity index is 2.58. The number of aryl methyl sites for hydroxylation is 1. The molecule has 1 unspecified atom stereocenters. The quantitative estimate of drug-likeness (QED) is 0.866.